The maximum Gasteiger partial charge on any atom is 0.0602 e. The molecule has 0 spiro atoms. The van der Waals surface area contributed by atoms with E-state index in [1.807, 2.05) is 0 Å². The highest BCUT2D eigenvalue weighted by molar-refractivity contribution is 5.04. The van der Waals surface area contributed by atoms with Gasteiger partial charge in [-0.05, 0) is 61.2 Å². The zero-order valence-electron chi connectivity index (χ0n) is 11.4. The molecule has 3 saturated carbocycles. The van der Waals surface area contributed by atoms with Crippen molar-refractivity contribution >= 4 is 0 Å². The second-order valence-corrected chi connectivity index (χ2v) is 7.21. The normalized spacial score (nSPS) is 51.7. The van der Waals surface area contributed by atoms with E-state index in [0.29, 0.717) is 11.8 Å². The van der Waals surface area contributed by atoms with E-state index in [2.05, 4.69) is 13.8 Å². The Bertz CT molecular complexity index is 263. The smallest absolute Gasteiger partial charge is 0.0602 e. The van der Waals surface area contributed by atoms with E-state index in [0.717, 1.165) is 23.7 Å². The minimum Gasteiger partial charge on any atom is -0.393 e. The van der Waals surface area contributed by atoms with E-state index in [1.54, 1.807) is 0 Å². The Balaban J connectivity index is 1.58. The number of aliphatic hydroxyl groups is 1. The number of hydrogen-bond acceptors (Lipinski definition) is 1. The lowest BCUT2D eigenvalue weighted by atomic mass is 9.73. The molecule has 0 saturated heterocycles. The molecule has 98 valence electrons. The summed E-state index contributed by atoms with van der Waals surface area (Å²) in [5.41, 5.74) is 0. The third-order valence-electron chi connectivity index (χ3n) is 6.24. The molecule has 0 aromatic rings. The van der Waals surface area contributed by atoms with Crippen molar-refractivity contribution in [2.24, 2.45) is 35.5 Å². The fourth-order valence-corrected chi connectivity index (χ4v) is 4.77. The van der Waals surface area contributed by atoms with Crippen molar-refractivity contribution in [2.45, 2.75) is 64.9 Å². The Hall–Kier alpha value is -0.0400. The molecular weight excluding hydrogens is 208 g/mol. The number of hydrogen-bond donors (Lipinski definition) is 1. The predicted octanol–water partition coefficient (Wildman–Crippen LogP) is 3.86. The molecule has 3 rings (SSSR count). The molecule has 0 aromatic carbocycles. The molecule has 0 amide bonds. The van der Waals surface area contributed by atoms with Crippen LogP contribution in [0.1, 0.15) is 58.8 Å². The average molecular weight is 236 g/mol. The largest absolute Gasteiger partial charge is 0.393 e. The van der Waals surface area contributed by atoms with E-state index < -0.39 is 0 Å². The molecule has 1 heteroatoms. The van der Waals surface area contributed by atoms with Crippen LogP contribution in [0.15, 0.2) is 0 Å². The van der Waals surface area contributed by atoms with Crippen molar-refractivity contribution in [2.75, 3.05) is 0 Å². The van der Waals surface area contributed by atoms with Gasteiger partial charge in [-0.15, -0.1) is 0 Å². The van der Waals surface area contributed by atoms with Crippen LogP contribution in [0.25, 0.3) is 0 Å². The average Bonchev–Trinajstić information content (AvgIpc) is 3.06. The van der Waals surface area contributed by atoms with Crippen LogP contribution in [0, 0.1) is 35.5 Å². The summed E-state index contributed by atoms with van der Waals surface area (Å²) in [6, 6.07) is 0. The van der Waals surface area contributed by atoms with Gasteiger partial charge in [0, 0.05) is 0 Å². The van der Waals surface area contributed by atoms with Crippen molar-refractivity contribution in [3.63, 3.8) is 0 Å². The number of rotatable bonds is 2. The van der Waals surface area contributed by atoms with Crippen LogP contribution < -0.4 is 0 Å². The molecule has 3 aliphatic carbocycles. The van der Waals surface area contributed by atoms with Gasteiger partial charge >= 0.3 is 0 Å². The number of aliphatic hydroxyl groups excluding tert-OH is 1. The standard InChI is InChI=1S/C16H28O/c1-10-7-8-12(9-11(10)2)16(17)15-13-5-3-4-6-14(13)15/h10-17H,3-9H2,1-2H3. The summed E-state index contributed by atoms with van der Waals surface area (Å²) < 4.78 is 0. The second-order valence-electron chi connectivity index (χ2n) is 7.21. The highest BCUT2D eigenvalue weighted by atomic mass is 16.3. The lowest BCUT2D eigenvalue weighted by Crippen LogP contribution is -2.31. The van der Waals surface area contributed by atoms with Crippen LogP contribution in [-0.2, 0) is 0 Å². The van der Waals surface area contributed by atoms with Gasteiger partial charge in [-0.2, -0.15) is 0 Å². The fourth-order valence-electron chi connectivity index (χ4n) is 4.77. The summed E-state index contributed by atoms with van der Waals surface area (Å²) in [5, 5.41) is 10.6. The Morgan fingerprint density at radius 2 is 1.53 bits per heavy atom. The lowest BCUT2D eigenvalue weighted by molar-refractivity contribution is 0.0347. The quantitative estimate of drug-likeness (QED) is 0.772. The highest BCUT2D eigenvalue weighted by Crippen LogP contribution is 2.59. The van der Waals surface area contributed by atoms with Crippen LogP contribution in [0.5, 0.6) is 0 Å². The van der Waals surface area contributed by atoms with Gasteiger partial charge in [-0.3, -0.25) is 0 Å². The summed E-state index contributed by atoms with van der Waals surface area (Å²) in [5.74, 6) is 4.84. The first kappa shape index (κ1) is 12.0. The molecule has 0 bridgehead atoms. The minimum atomic E-state index is 0.0399. The molecule has 0 aromatic heterocycles. The van der Waals surface area contributed by atoms with Crippen molar-refractivity contribution in [3.8, 4) is 0 Å². The van der Waals surface area contributed by atoms with Crippen molar-refractivity contribution in [1.82, 2.24) is 0 Å². The minimum absolute atomic E-state index is 0.0399. The first-order valence-corrected chi connectivity index (χ1v) is 7.86. The number of fused-ring (bicyclic) bond motifs is 1. The molecule has 1 N–H and O–H groups in total. The van der Waals surface area contributed by atoms with Gasteiger partial charge < -0.3 is 5.11 Å². The van der Waals surface area contributed by atoms with E-state index >= 15 is 0 Å². The summed E-state index contributed by atoms with van der Waals surface area (Å²) in [6.45, 7) is 4.76. The molecule has 6 atom stereocenters. The molecule has 0 radical (unpaired) electrons. The molecule has 3 fully saturated rings. The van der Waals surface area contributed by atoms with Crippen LogP contribution in [0.4, 0.5) is 0 Å². The zero-order chi connectivity index (χ0) is 12.0. The molecule has 0 aliphatic heterocycles. The molecule has 1 nitrogen and oxygen atoms in total. The highest BCUT2D eigenvalue weighted by Gasteiger charge is 2.55. The zero-order valence-corrected chi connectivity index (χ0v) is 11.4. The van der Waals surface area contributed by atoms with Crippen LogP contribution in [0.3, 0.4) is 0 Å². The second kappa shape index (κ2) is 4.57. The van der Waals surface area contributed by atoms with Gasteiger partial charge in [0.05, 0.1) is 6.10 Å². The van der Waals surface area contributed by atoms with Crippen molar-refractivity contribution in [1.29, 1.82) is 0 Å². The Labute approximate surface area is 106 Å². The first-order chi connectivity index (χ1) is 8.18. The molecular formula is C16H28O. The molecule has 3 aliphatic rings. The topological polar surface area (TPSA) is 20.2 Å². The van der Waals surface area contributed by atoms with Gasteiger partial charge in [0.15, 0.2) is 0 Å². The summed E-state index contributed by atoms with van der Waals surface area (Å²) in [6.07, 6.45) is 9.59. The molecule has 0 heterocycles. The Kier molecular flexibility index (Phi) is 3.23. The first-order valence-electron chi connectivity index (χ1n) is 7.86. The van der Waals surface area contributed by atoms with Crippen molar-refractivity contribution in [3.05, 3.63) is 0 Å². The monoisotopic (exact) mass is 236 g/mol. The third-order valence-corrected chi connectivity index (χ3v) is 6.24. The molecule has 6 unspecified atom stereocenters. The lowest BCUT2D eigenvalue weighted by Gasteiger charge is -2.35. The van der Waals surface area contributed by atoms with Crippen LogP contribution in [0.2, 0.25) is 0 Å². The van der Waals surface area contributed by atoms with E-state index in [9.17, 15) is 5.11 Å². The third kappa shape index (κ3) is 2.16. The van der Waals surface area contributed by atoms with Gasteiger partial charge in [-0.1, -0.05) is 33.1 Å². The van der Waals surface area contributed by atoms with Gasteiger partial charge in [0.1, 0.15) is 0 Å². The maximum atomic E-state index is 10.6. The van der Waals surface area contributed by atoms with E-state index in [4.69, 9.17) is 0 Å². The predicted molar refractivity (Wildman–Crippen MR) is 70.6 cm³/mol. The summed E-state index contributed by atoms with van der Waals surface area (Å²) in [4.78, 5) is 0. The van der Waals surface area contributed by atoms with E-state index in [-0.39, 0.29) is 6.10 Å². The van der Waals surface area contributed by atoms with Gasteiger partial charge in [0.2, 0.25) is 0 Å². The van der Waals surface area contributed by atoms with Crippen LogP contribution >= 0.6 is 0 Å². The maximum absolute atomic E-state index is 10.6. The fraction of sp³-hybridized carbons (Fsp3) is 1.00. The Morgan fingerprint density at radius 3 is 2.12 bits per heavy atom. The summed E-state index contributed by atoms with van der Waals surface area (Å²) in [7, 11) is 0. The summed E-state index contributed by atoms with van der Waals surface area (Å²) >= 11 is 0. The Morgan fingerprint density at radius 1 is 0.882 bits per heavy atom. The SMILES string of the molecule is CC1CCC(C(O)C2C3CCCCC32)CC1C. The molecule has 17 heavy (non-hydrogen) atoms. The van der Waals surface area contributed by atoms with Gasteiger partial charge in [-0.25, -0.2) is 0 Å². The van der Waals surface area contributed by atoms with Crippen LogP contribution in [-0.4, -0.2) is 11.2 Å². The van der Waals surface area contributed by atoms with Gasteiger partial charge in [0.25, 0.3) is 0 Å². The van der Waals surface area contributed by atoms with Crippen molar-refractivity contribution < 1.29 is 5.11 Å². The van der Waals surface area contributed by atoms with E-state index in [1.165, 1.54) is 44.9 Å².